The van der Waals surface area contributed by atoms with E-state index in [1.807, 2.05) is 13.0 Å². The highest BCUT2D eigenvalue weighted by atomic mass is 35.5. The van der Waals surface area contributed by atoms with Crippen molar-refractivity contribution in [2.24, 2.45) is 14.1 Å². The maximum Gasteiger partial charge on any atom is 0.296 e. The van der Waals surface area contributed by atoms with E-state index in [0.717, 1.165) is 10.3 Å². The van der Waals surface area contributed by atoms with Crippen molar-refractivity contribution in [3.63, 3.8) is 0 Å². The second-order valence-electron chi connectivity index (χ2n) is 8.16. The lowest BCUT2D eigenvalue weighted by Gasteiger charge is -2.27. The summed E-state index contributed by atoms with van der Waals surface area (Å²) < 4.78 is 21.8. The molecule has 1 amide bonds. The van der Waals surface area contributed by atoms with Crippen molar-refractivity contribution in [3.05, 3.63) is 86.4 Å². The third-order valence-electron chi connectivity index (χ3n) is 5.76. The number of rotatable bonds is 6. The minimum absolute atomic E-state index is 0.174. The molecule has 0 aliphatic carbocycles. The number of benzene rings is 1. The largest absolute Gasteiger partial charge is 0.501 e. The fourth-order valence-corrected chi connectivity index (χ4v) is 4.37. The summed E-state index contributed by atoms with van der Waals surface area (Å²) in [5, 5.41) is 21.1. The number of hydrogen-bond acceptors (Lipinski definition) is 7. The summed E-state index contributed by atoms with van der Waals surface area (Å²) in [7, 11) is 3.18. The predicted octanol–water partition coefficient (Wildman–Crippen LogP) is 3.50. The van der Waals surface area contributed by atoms with Gasteiger partial charge in [0.15, 0.2) is 5.69 Å². The van der Waals surface area contributed by atoms with Crippen molar-refractivity contribution in [2.45, 2.75) is 25.7 Å². The molecule has 4 rings (SSSR count). The molecule has 0 spiro atoms. The molecule has 3 aromatic heterocycles. The highest BCUT2D eigenvalue weighted by Gasteiger charge is 2.32. The molecule has 12 heteroatoms. The van der Waals surface area contributed by atoms with Gasteiger partial charge in [0, 0.05) is 36.6 Å². The van der Waals surface area contributed by atoms with Gasteiger partial charge >= 0.3 is 0 Å². The van der Waals surface area contributed by atoms with Gasteiger partial charge in [-0.05, 0) is 36.8 Å². The summed E-state index contributed by atoms with van der Waals surface area (Å²) in [5.41, 5.74) is 0.819. The van der Waals surface area contributed by atoms with Gasteiger partial charge in [-0.15, -0.1) is 0 Å². The first-order valence-corrected chi connectivity index (χ1v) is 10.9. The first-order valence-electron chi connectivity index (χ1n) is 10.5. The van der Waals surface area contributed by atoms with E-state index >= 15 is 0 Å². The van der Waals surface area contributed by atoms with Crippen LogP contribution < -0.4 is 10.9 Å². The zero-order valence-corrected chi connectivity index (χ0v) is 20.0. The molecular formula is C23H22ClFN6O4. The number of carbonyl (C=O) groups excluding carboxylic acids is 1. The van der Waals surface area contributed by atoms with Crippen LogP contribution in [0.3, 0.4) is 0 Å². The number of aromatic hydroxyl groups is 1. The Morgan fingerprint density at radius 2 is 2.03 bits per heavy atom. The first-order chi connectivity index (χ1) is 16.6. The first kappa shape index (κ1) is 24.1. The van der Waals surface area contributed by atoms with Gasteiger partial charge in [-0.2, -0.15) is 5.10 Å². The number of hydrogen-bond donors (Lipinski definition) is 2. The van der Waals surface area contributed by atoms with Crippen LogP contribution in [0, 0.1) is 12.7 Å². The summed E-state index contributed by atoms with van der Waals surface area (Å²) in [4.78, 5) is 30.0. The molecule has 35 heavy (non-hydrogen) atoms. The van der Waals surface area contributed by atoms with E-state index < -0.39 is 40.6 Å². The Hall–Kier alpha value is -3.99. The number of carbonyl (C=O) groups is 1. The Balaban J connectivity index is 1.88. The smallest absolute Gasteiger partial charge is 0.296 e. The molecule has 0 aliphatic heterocycles. The minimum Gasteiger partial charge on any atom is -0.501 e. The van der Waals surface area contributed by atoms with Crippen LogP contribution in [0.5, 0.6) is 5.75 Å². The quantitative estimate of drug-likeness (QED) is 0.414. The van der Waals surface area contributed by atoms with Crippen molar-refractivity contribution < 1.29 is 18.8 Å². The molecule has 2 N–H and O–H groups in total. The Morgan fingerprint density at radius 3 is 2.66 bits per heavy atom. The summed E-state index contributed by atoms with van der Waals surface area (Å²) in [6.07, 6.45) is 2.44. The molecule has 2 unspecified atom stereocenters. The van der Waals surface area contributed by atoms with Crippen molar-refractivity contribution in [3.8, 4) is 5.75 Å². The van der Waals surface area contributed by atoms with Gasteiger partial charge in [-0.1, -0.05) is 23.7 Å². The topological polar surface area (TPSA) is 128 Å². The van der Waals surface area contributed by atoms with E-state index in [1.165, 1.54) is 37.7 Å². The van der Waals surface area contributed by atoms with Crippen LogP contribution in [-0.2, 0) is 14.1 Å². The molecule has 10 nitrogen and oxygen atoms in total. The van der Waals surface area contributed by atoms with Gasteiger partial charge in [0.05, 0.1) is 11.9 Å². The summed E-state index contributed by atoms with van der Waals surface area (Å²) in [6.45, 7) is 3.59. The van der Waals surface area contributed by atoms with Crippen LogP contribution in [0.2, 0.25) is 5.02 Å². The highest BCUT2D eigenvalue weighted by Crippen LogP contribution is 2.41. The van der Waals surface area contributed by atoms with E-state index in [0.29, 0.717) is 16.3 Å². The summed E-state index contributed by atoms with van der Waals surface area (Å²) >= 11 is 6.48. The normalized spacial score (nSPS) is 13.0. The average Bonchev–Trinajstić information content (AvgIpc) is 3.43. The van der Waals surface area contributed by atoms with Crippen molar-refractivity contribution >= 4 is 23.2 Å². The molecule has 0 bridgehead atoms. The molecule has 0 aliphatic rings. The second kappa shape index (κ2) is 9.34. The molecule has 1 aromatic carbocycles. The maximum atomic E-state index is 14.3. The van der Waals surface area contributed by atoms with Crippen LogP contribution >= 0.6 is 11.6 Å². The van der Waals surface area contributed by atoms with Crippen LogP contribution in [0.25, 0.3) is 0 Å². The predicted molar refractivity (Wildman–Crippen MR) is 125 cm³/mol. The fourth-order valence-electron chi connectivity index (χ4n) is 4.14. The average molecular weight is 501 g/mol. The zero-order valence-electron chi connectivity index (χ0n) is 19.3. The van der Waals surface area contributed by atoms with E-state index in [2.05, 4.69) is 25.1 Å². The number of anilines is 1. The number of halogens is 2. The lowest BCUT2D eigenvalue weighted by molar-refractivity contribution is 0.101. The van der Waals surface area contributed by atoms with Crippen LogP contribution in [0.1, 0.15) is 52.0 Å². The Labute approximate surface area is 204 Å². The number of aromatic nitrogens is 5. The Morgan fingerprint density at radius 1 is 1.29 bits per heavy atom. The van der Waals surface area contributed by atoms with Crippen LogP contribution in [0.4, 0.5) is 10.1 Å². The maximum absolute atomic E-state index is 14.3. The Bertz CT molecular complexity index is 1460. The van der Waals surface area contributed by atoms with Gasteiger partial charge in [0.1, 0.15) is 23.6 Å². The SMILES string of the molecule is Cc1cc(C(c2cc(F)ccc2Cl)C(C)c2nc(C(=O)Nc3cnoc3)c(O)c(=O)n2C)n(C)n1. The monoisotopic (exact) mass is 500 g/mol. The van der Waals surface area contributed by atoms with Gasteiger partial charge in [0.25, 0.3) is 11.5 Å². The Kier molecular flexibility index (Phi) is 6.44. The molecular weight excluding hydrogens is 479 g/mol. The second-order valence-corrected chi connectivity index (χ2v) is 8.57. The molecule has 0 radical (unpaired) electrons. The van der Waals surface area contributed by atoms with E-state index in [4.69, 9.17) is 11.6 Å². The third kappa shape index (κ3) is 4.54. The molecule has 182 valence electrons. The van der Waals surface area contributed by atoms with Gasteiger partial charge in [-0.25, -0.2) is 9.37 Å². The lowest BCUT2D eigenvalue weighted by atomic mass is 9.83. The van der Waals surface area contributed by atoms with E-state index in [1.54, 1.807) is 18.7 Å². The van der Waals surface area contributed by atoms with Gasteiger partial charge < -0.3 is 14.9 Å². The molecule has 0 saturated carbocycles. The van der Waals surface area contributed by atoms with Crippen LogP contribution in [0.15, 0.2) is 46.0 Å². The molecule has 2 atom stereocenters. The van der Waals surface area contributed by atoms with Gasteiger partial charge in [-0.3, -0.25) is 18.8 Å². The summed E-state index contributed by atoms with van der Waals surface area (Å²) in [6, 6.07) is 5.87. The van der Waals surface area contributed by atoms with Crippen molar-refractivity contribution in [1.82, 2.24) is 24.5 Å². The number of nitrogens with zero attached hydrogens (tertiary/aromatic N) is 5. The van der Waals surface area contributed by atoms with Gasteiger partial charge in [0.2, 0.25) is 5.75 Å². The summed E-state index contributed by atoms with van der Waals surface area (Å²) in [5.74, 6) is -3.15. The van der Waals surface area contributed by atoms with E-state index in [9.17, 15) is 19.1 Å². The van der Waals surface area contributed by atoms with E-state index in [-0.39, 0.29) is 11.5 Å². The van der Waals surface area contributed by atoms with Crippen molar-refractivity contribution in [1.29, 1.82) is 0 Å². The number of amides is 1. The minimum atomic E-state index is -0.825. The third-order valence-corrected chi connectivity index (χ3v) is 6.11. The van der Waals surface area contributed by atoms with Crippen LogP contribution in [-0.4, -0.2) is 35.5 Å². The number of nitrogens with one attached hydrogen (secondary N) is 1. The molecule has 3 heterocycles. The molecule has 0 saturated heterocycles. The fraction of sp³-hybridized carbons (Fsp3) is 0.261. The number of aryl methyl sites for hydroxylation is 2. The zero-order chi connectivity index (χ0) is 25.4. The van der Waals surface area contributed by atoms with Crippen molar-refractivity contribution in [2.75, 3.05) is 5.32 Å². The standard InChI is InChI=1S/C23H22ClFN6O4/c1-11-7-17(31(4)29-11)18(15-8-13(25)5-6-16(15)24)12(2)21-28-19(20(32)23(34)30(21)3)22(33)27-14-9-26-35-10-14/h5-10,12,18,32H,1-4H3,(H,27,33). The highest BCUT2D eigenvalue weighted by molar-refractivity contribution is 6.31. The molecule has 0 fully saturated rings. The lowest BCUT2D eigenvalue weighted by Crippen LogP contribution is -2.30. The molecule has 4 aromatic rings.